The molecule has 0 amide bonds. The van der Waals surface area contributed by atoms with Gasteiger partial charge < -0.3 is 15.5 Å². The van der Waals surface area contributed by atoms with Crippen molar-refractivity contribution < 1.29 is 8.78 Å². The van der Waals surface area contributed by atoms with Crippen molar-refractivity contribution in [3.8, 4) is 0 Å². The number of halogens is 2. The van der Waals surface area contributed by atoms with E-state index in [-0.39, 0.29) is 6.04 Å². The van der Waals surface area contributed by atoms with Crippen molar-refractivity contribution in [2.24, 2.45) is 0 Å². The molecule has 0 radical (unpaired) electrons. The molecule has 3 aromatic rings. The van der Waals surface area contributed by atoms with Crippen LogP contribution in [-0.4, -0.2) is 32.3 Å². The third-order valence-corrected chi connectivity index (χ3v) is 6.63. The monoisotopic (exact) mass is 456 g/mol. The zero-order chi connectivity index (χ0) is 22.1. The van der Waals surface area contributed by atoms with Crippen LogP contribution in [0, 0.1) is 11.6 Å². The summed E-state index contributed by atoms with van der Waals surface area (Å²) in [6.45, 7) is 0.725. The molecule has 2 N–H and O–H groups in total. The van der Waals surface area contributed by atoms with Crippen LogP contribution < -0.4 is 15.5 Å². The van der Waals surface area contributed by atoms with Crippen LogP contribution in [0.5, 0.6) is 0 Å². The molecule has 0 spiro atoms. The lowest BCUT2D eigenvalue weighted by molar-refractivity contribution is 0.415. The maximum atomic E-state index is 14.5. The average molecular weight is 457 g/mol. The Morgan fingerprint density at radius 3 is 2.75 bits per heavy atom. The van der Waals surface area contributed by atoms with Gasteiger partial charge in [-0.3, -0.25) is 0 Å². The van der Waals surface area contributed by atoms with Crippen LogP contribution in [0.3, 0.4) is 0 Å². The number of thiocarbonyl (C=S) groups is 1. The molecule has 3 heterocycles. The minimum atomic E-state index is -0.432. The van der Waals surface area contributed by atoms with Crippen LogP contribution in [-0.2, 0) is 0 Å². The Labute approximate surface area is 191 Å². The minimum absolute atomic E-state index is 0.256. The second kappa shape index (κ2) is 8.97. The van der Waals surface area contributed by atoms with Gasteiger partial charge in [0.15, 0.2) is 10.8 Å². The number of anilines is 2. The molecule has 6 nitrogen and oxygen atoms in total. The second-order valence-electron chi connectivity index (χ2n) is 8.56. The van der Waals surface area contributed by atoms with Gasteiger partial charge in [-0.05, 0) is 62.2 Å². The lowest BCUT2D eigenvalue weighted by Gasteiger charge is -2.26. The summed E-state index contributed by atoms with van der Waals surface area (Å²) >= 11 is 5.52. The molecule has 168 valence electrons. The van der Waals surface area contributed by atoms with Gasteiger partial charge >= 0.3 is 0 Å². The van der Waals surface area contributed by atoms with Crippen LogP contribution in [0.1, 0.15) is 56.6 Å². The fourth-order valence-corrected chi connectivity index (χ4v) is 5.11. The zero-order valence-electron chi connectivity index (χ0n) is 17.7. The molecule has 2 fully saturated rings. The number of hydrogen-bond acceptors (Lipinski definition) is 4. The molecule has 2 aliphatic rings. The van der Waals surface area contributed by atoms with Crippen LogP contribution in [0.4, 0.5) is 20.3 Å². The van der Waals surface area contributed by atoms with E-state index in [1.54, 1.807) is 10.7 Å². The molecule has 1 saturated heterocycles. The van der Waals surface area contributed by atoms with Crippen LogP contribution in [0.25, 0.3) is 5.65 Å². The van der Waals surface area contributed by atoms with Crippen molar-refractivity contribution in [3.05, 3.63) is 53.9 Å². The summed E-state index contributed by atoms with van der Waals surface area (Å²) in [6, 6.07) is 5.64. The number of fused-ring (bicyclic) bond motifs is 1. The van der Waals surface area contributed by atoms with Crippen molar-refractivity contribution in [1.29, 1.82) is 0 Å². The lowest BCUT2D eigenvalue weighted by Crippen LogP contribution is -2.38. The van der Waals surface area contributed by atoms with Crippen molar-refractivity contribution in [1.82, 2.24) is 19.9 Å². The maximum Gasteiger partial charge on any atom is 0.180 e. The molecule has 1 aliphatic heterocycles. The van der Waals surface area contributed by atoms with E-state index in [1.807, 2.05) is 17.2 Å². The quantitative estimate of drug-likeness (QED) is 0.541. The van der Waals surface area contributed by atoms with E-state index in [4.69, 9.17) is 17.2 Å². The van der Waals surface area contributed by atoms with Gasteiger partial charge in [0, 0.05) is 24.3 Å². The molecule has 5 rings (SSSR count). The summed E-state index contributed by atoms with van der Waals surface area (Å²) in [4.78, 5) is 6.84. The normalized spacial score (nSPS) is 19.4. The number of rotatable bonds is 4. The predicted molar refractivity (Wildman–Crippen MR) is 125 cm³/mol. The highest BCUT2D eigenvalue weighted by molar-refractivity contribution is 7.80. The van der Waals surface area contributed by atoms with Gasteiger partial charge in [-0.15, -0.1) is 0 Å². The summed E-state index contributed by atoms with van der Waals surface area (Å²) < 4.78 is 29.9. The zero-order valence-corrected chi connectivity index (χ0v) is 18.5. The van der Waals surface area contributed by atoms with Crippen molar-refractivity contribution in [2.75, 3.05) is 16.8 Å². The molecule has 0 unspecified atom stereocenters. The first-order valence-electron chi connectivity index (χ1n) is 11.2. The van der Waals surface area contributed by atoms with E-state index < -0.39 is 11.6 Å². The van der Waals surface area contributed by atoms with Gasteiger partial charge in [-0.1, -0.05) is 19.3 Å². The van der Waals surface area contributed by atoms with Gasteiger partial charge in [0.1, 0.15) is 23.1 Å². The molecule has 1 aromatic carbocycles. The Kier molecular flexibility index (Phi) is 5.91. The van der Waals surface area contributed by atoms with E-state index in [1.165, 1.54) is 31.4 Å². The molecule has 2 aromatic heterocycles. The summed E-state index contributed by atoms with van der Waals surface area (Å²) in [5.41, 5.74) is 1.72. The fraction of sp³-hybridized carbons (Fsp3) is 0.435. The first kappa shape index (κ1) is 21.1. The van der Waals surface area contributed by atoms with Gasteiger partial charge in [-0.2, -0.15) is 5.10 Å². The van der Waals surface area contributed by atoms with E-state index >= 15 is 0 Å². The first-order valence-corrected chi connectivity index (χ1v) is 11.6. The van der Waals surface area contributed by atoms with E-state index in [0.29, 0.717) is 33.9 Å². The standard InChI is InChI=1S/C23H26F2N6S/c24-15-8-9-18(25)17(13-15)20-7-4-11-30(20)21-10-12-31-22(29-21)19(14-26-31)28-23(32)27-16-5-2-1-3-6-16/h8-10,12-14,16,20H,1-7,11H2,(H2,27,28,32)/t20-/m1/s1. The number of hydrogen-bond donors (Lipinski definition) is 2. The van der Waals surface area contributed by atoms with E-state index in [0.717, 1.165) is 38.3 Å². The molecule has 9 heteroatoms. The predicted octanol–water partition coefficient (Wildman–Crippen LogP) is 4.97. The van der Waals surface area contributed by atoms with Crippen LogP contribution >= 0.6 is 12.2 Å². The highest BCUT2D eigenvalue weighted by atomic mass is 32.1. The van der Waals surface area contributed by atoms with Gasteiger partial charge in [0.05, 0.1) is 12.2 Å². The van der Waals surface area contributed by atoms with E-state index in [2.05, 4.69) is 15.7 Å². The third kappa shape index (κ3) is 4.26. The molecular formula is C23H26F2N6S. The van der Waals surface area contributed by atoms with E-state index in [9.17, 15) is 8.78 Å². The average Bonchev–Trinajstić information content (AvgIpc) is 3.43. The van der Waals surface area contributed by atoms with Crippen molar-refractivity contribution >= 4 is 34.5 Å². The number of nitrogens with zero attached hydrogens (tertiary/aromatic N) is 4. The molecule has 32 heavy (non-hydrogen) atoms. The Bertz CT molecular complexity index is 1130. The Morgan fingerprint density at radius 2 is 1.91 bits per heavy atom. The number of aromatic nitrogens is 3. The Morgan fingerprint density at radius 1 is 1.06 bits per heavy atom. The summed E-state index contributed by atoms with van der Waals surface area (Å²) in [5, 5.41) is 11.6. The highest BCUT2D eigenvalue weighted by Gasteiger charge is 2.30. The SMILES string of the molecule is Fc1ccc(F)c([C@H]2CCCN2c2ccn3ncc(NC(=S)NC4CCCCC4)c3n2)c1. The smallest absolute Gasteiger partial charge is 0.180 e. The summed E-state index contributed by atoms with van der Waals surface area (Å²) in [7, 11) is 0. The molecule has 1 saturated carbocycles. The van der Waals surface area contributed by atoms with Crippen molar-refractivity contribution in [3.63, 3.8) is 0 Å². The van der Waals surface area contributed by atoms with Gasteiger partial charge in [-0.25, -0.2) is 18.3 Å². The topological polar surface area (TPSA) is 57.5 Å². The largest absolute Gasteiger partial charge is 0.360 e. The van der Waals surface area contributed by atoms with Gasteiger partial charge in [0.2, 0.25) is 0 Å². The molecular weight excluding hydrogens is 430 g/mol. The maximum absolute atomic E-state index is 14.5. The summed E-state index contributed by atoms with van der Waals surface area (Å²) in [5.74, 6) is -0.119. The van der Waals surface area contributed by atoms with Gasteiger partial charge in [0.25, 0.3) is 0 Å². The third-order valence-electron chi connectivity index (χ3n) is 6.41. The van der Waals surface area contributed by atoms with Crippen LogP contribution in [0.2, 0.25) is 0 Å². The highest BCUT2D eigenvalue weighted by Crippen LogP contribution is 2.37. The second-order valence-corrected chi connectivity index (χ2v) is 8.97. The minimum Gasteiger partial charge on any atom is -0.360 e. The van der Waals surface area contributed by atoms with Crippen molar-refractivity contribution in [2.45, 2.75) is 57.0 Å². The lowest BCUT2D eigenvalue weighted by atomic mass is 9.96. The number of benzene rings is 1. The molecule has 0 bridgehead atoms. The summed E-state index contributed by atoms with van der Waals surface area (Å²) in [6.07, 6.45) is 11.2. The fourth-order valence-electron chi connectivity index (χ4n) is 4.83. The Balaban J connectivity index is 1.38. The number of nitrogens with one attached hydrogen (secondary N) is 2. The Hall–Kier alpha value is -2.81. The van der Waals surface area contributed by atoms with Crippen LogP contribution in [0.15, 0.2) is 36.7 Å². The molecule has 1 atom stereocenters. The molecule has 1 aliphatic carbocycles. The first-order chi connectivity index (χ1) is 15.6.